The van der Waals surface area contributed by atoms with E-state index in [1.165, 1.54) is 0 Å². The van der Waals surface area contributed by atoms with Crippen LogP contribution in [0.2, 0.25) is 5.02 Å². The second-order valence-electron chi connectivity index (χ2n) is 3.15. The molecule has 2 rings (SSSR count). The third-order valence-electron chi connectivity index (χ3n) is 1.95. The molecule has 0 unspecified atom stereocenters. The predicted molar refractivity (Wildman–Crippen MR) is 55.8 cm³/mol. The van der Waals surface area contributed by atoms with Gasteiger partial charge in [-0.15, -0.1) is 0 Å². The highest BCUT2D eigenvalue weighted by molar-refractivity contribution is 6.32. The quantitative estimate of drug-likeness (QED) is 0.720. The third kappa shape index (κ3) is 1.51. The second-order valence-corrected chi connectivity index (χ2v) is 3.55. The molecule has 0 aliphatic rings. The molecule has 0 saturated heterocycles. The Balaban J connectivity index is 2.60. The molecule has 0 bridgehead atoms. The summed E-state index contributed by atoms with van der Waals surface area (Å²) in [5, 5.41) is 4.92. The van der Waals surface area contributed by atoms with Gasteiger partial charge in [0.15, 0.2) is 5.82 Å². The molecule has 0 aromatic carbocycles. The number of pyridine rings is 1. The molecule has 14 heavy (non-hydrogen) atoms. The van der Waals surface area contributed by atoms with Crippen molar-refractivity contribution in [2.45, 2.75) is 13.8 Å². The van der Waals surface area contributed by atoms with Gasteiger partial charge in [0.2, 0.25) is 0 Å². The van der Waals surface area contributed by atoms with Gasteiger partial charge in [-0.2, -0.15) is 5.10 Å². The lowest BCUT2D eigenvalue weighted by molar-refractivity contribution is 0.806. The maximum Gasteiger partial charge on any atom is 0.172 e. The molecule has 0 aliphatic heterocycles. The molecule has 72 valence electrons. The van der Waals surface area contributed by atoms with Gasteiger partial charge in [0.25, 0.3) is 0 Å². The van der Waals surface area contributed by atoms with Crippen LogP contribution in [0.1, 0.15) is 11.4 Å². The van der Waals surface area contributed by atoms with E-state index < -0.39 is 0 Å². The summed E-state index contributed by atoms with van der Waals surface area (Å²) in [5.41, 5.74) is 1.99. The normalized spacial score (nSPS) is 10.5. The summed E-state index contributed by atoms with van der Waals surface area (Å²) >= 11 is 6.02. The fraction of sp³-hybridized carbons (Fsp3) is 0.200. The van der Waals surface area contributed by atoms with E-state index >= 15 is 0 Å². The summed E-state index contributed by atoms with van der Waals surface area (Å²) in [5.74, 6) is 0.680. The molecule has 0 atom stereocenters. The van der Waals surface area contributed by atoms with Crippen molar-refractivity contribution in [2.75, 3.05) is 0 Å². The van der Waals surface area contributed by atoms with Crippen LogP contribution in [0, 0.1) is 13.8 Å². The smallest absolute Gasteiger partial charge is 0.172 e. The SMILES string of the molecule is Cc1cc(C)n(-c2ncccc2Cl)n1. The van der Waals surface area contributed by atoms with Gasteiger partial charge in [0, 0.05) is 11.9 Å². The van der Waals surface area contributed by atoms with Gasteiger partial charge >= 0.3 is 0 Å². The van der Waals surface area contributed by atoms with Crippen LogP contribution >= 0.6 is 11.6 Å². The zero-order chi connectivity index (χ0) is 10.1. The van der Waals surface area contributed by atoms with Gasteiger partial charge in [-0.3, -0.25) is 0 Å². The Labute approximate surface area is 87.3 Å². The third-order valence-corrected chi connectivity index (χ3v) is 2.24. The molecule has 2 heterocycles. The van der Waals surface area contributed by atoms with Crippen LogP contribution < -0.4 is 0 Å². The van der Waals surface area contributed by atoms with Gasteiger partial charge in [0.1, 0.15) is 0 Å². The lowest BCUT2D eigenvalue weighted by atomic mass is 10.4. The van der Waals surface area contributed by atoms with Crippen molar-refractivity contribution in [3.63, 3.8) is 0 Å². The van der Waals surface area contributed by atoms with Crippen LogP contribution in [0.25, 0.3) is 5.82 Å². The molecule has 0 fully saturated rings. The van der Waals surface area contributed by atoms with Crippen molar-refractivity contribution in [1.29, 1.82) is 0 Å². The standard InChI is InChI=1S/C10H10ClN3/c1-7-6-8(2)14(13-7)10-9(11)4-3-5-12-10/h3-6H,1-2H3. The van der Waals surface area contributed by atoms with Gasteiger partial charge in [-0.25, -0.2) is 9.67 Å². The number of rotatable bonds is 1. The molecular formula is C10H10ClN3. The highest BCUT2D eigenvalue weighted by Gasteiger charge is 2.07. The zero-order valence-corrected chi connectivity index (χ0v) is 8.78. The van der Waals surface area contributed by atoms with Crippen molar-refractivity contribution in [3.05, 3.63) is 40.8 Å². The monoisotopic (exact) mass is 207 g/mol. The predicted octanol–water partition coefficient (Wildman–Crippen LogP) is 2.54. The van der Waals surface area contributed by atoms with Crippen LogP contribution in [0.15, 0.2) is 24.4 Å². The molecule has 0 spiro atoms. The van der Waals surface area contributed by atoms with E-state index in [0.29, 0.717) is 10.8 Å². The first-order valence-corrected chi connectivity index (χ1v) is 4.70. The average Bonchev–Trinajstić information content (AvgIpc) is 2.46. The van der Waals surface area contributed by atoms with Gasteiger partial charge in [0.05, 0.1) is 10.7 Å². The van der Waals surface area contributed by atoms with Crippen LogP contribution in [0.5, 0.6) is 0 Å². The molecule has 3 nitrogen and oxygen atoms in total. The number of nitrogens with zero attached hydrogens (tertiary/aromatic N) is 3. The molecule has 0 saturated carbocycles. The molecule has 2 aromatic heterocycles. The molecule has 0 N–H and O–H groups in total. The Kier molecular flexibility index (Phi) is 2.25. The minimum Gasteiger partial charge on any atom is -0.236 e. The van der Waals surface area contributed by atoms with Crippen molar-refractivity contribution in [3.8, 4) is 5.82 Å². The second kappa shape index (κ2) is 3.42. The number of hydrogen-bond acceptors (Lipinski definition) is 2. The van der Waals surface area contributed by atoms with Crippen molar-refractivity contribution in [2.24, 2.45) is 0 Å². The maximum absolute atomic E-state index is 6.02. The summed E-state index contributed by atoms with van der Waals surface area (Å²) in [6, 6.07) is 5.60. The summed E-state index contributed by atoms with van der Waals surface area (Å²) in [7, 11) is 0. The number of aromatic nitrogens is 3. The van der Waals surface area contributed by atoms with E-state index in [2.05, 4.69) is 10.1 Å². The van der Waals surface area contributed by atoms with Crippen LogP contribution in [-0.4, -0.2) is 14.8 Å². The minimum absolute atomic E-state index is 0.610. The van der Waals surface area contributed by atoms with E-state index in [1.807, 2.05) is 19.9 Å². The van der Waals surface area contributed by atoms with E-state index in [9.17, 15) is 0 Å². The van der Waals surface area contributed by atoms with E-state index in [4.69, 9.17) is 11.6 Å². The average molecular weight is 208 g/mol. The highest BCUT2D eigenvalue weighted by atomic mass is 35.5. The lowest BCUT2D eigenvalue weighted by Crippen LogP contribution is -2.02. The summed E-state index contributed by atoms with van der Waals surface area (Å²) in [4.78, 5) is 4.19. The Bertz CT molecular complexity index is 462. The minimum atomic E-state index is 0.610. The fourth-order valence-electron chi connectivity index (χ4n) is 1.38. The van der Waals surface area contributed by atoms with Crippen molar-refractivity contribution >= 4 is 11.6 Å². The number of halogens is 1. The van der Waals surface area contributed by atoms with Crippen LogP contribution in [0.4, 0.5) is 0 Å². The number of aryl methyl sites for hydroxylation is 2. The number of hydrogen-bond donors (Lipinski definition) is 0. The van der Waals surface area contributed by atoms with Gasteiger partial charge in [-0.05, 0) is 32.0 Å². The maximum atomic E-state index is 6.02. The zero-order valence-electron chi connectivity index (χ0n) is 8.03. The first-order valence-electron chi connectivity index (χ1n) is 4.32. The molecule has 0 radical (unpaired) electrons. The largest absolute Gasteiger partial charge is 0.236 e. The molecule has 0 amide bonds. The first-order chi connectivity index (χ1) is 6.68. The van der Waals surface area contributed by atoms with E-state index in [1.54, 1.807) is 23.0 Å². The molecule has 0 aliphatic carbocycles. The van der Waals surface area contributed by atoms with Gasteiger partial charge in [-0.1, -0.05) is 11.6 Å². The van der Waals surface area contributed by atoms with Crippen LogP contribution in [0.3, 0.4) is 0 Å². The molecular weight excluding hydrogens is 198 g/mol. The van der Waals surface area contributed by atoms with Crippen LogP contribution in [-0.2, 0) is 0 Å². The van der Waals surface area contributed by atoms with E-state index in [-0.39, 0.29) is 0 Å². The Morgan fingerprint density at radius 2 is 2.14 bits per heavy atom. The first kappa shape index (κ1) is 9.21. The topological polar surface area (TPSA) is 30.7 Å². The molecule has 4 heteroatoms. The Hall–Kier alpha value is -1.35. The Morgan fingerprint density at radius 1 is 1.36 bits per heavy atom. The van der Waals surface area contributed by atoms with Crippen molar-refractivity contribution < 1.29 is 0 Å². The fourth-order valence-corrected chi connectivity index (χ4v) is 1.58. The summed E-state index contributed by atoms with van der Waals surface area (Å²) < 4.78 is 1.75. The van der Waals surface area contributed by atoms with Crippen molar-refractivity contribution in [1.82, 2.24) is 14.8 Å². The lowest BCUT2D eigenvalue weighted by Gasteiger charge is -2.04. The van der Waals surface area contributed by atoms with Gasteiger partial charge < -0.3 is 0 Å². The Morgan fingerprint density at radius 3 is 2.71 bits per heavy atom. The highest BCUT2D eigenvalue weighted by Crippen LogP contribution is 2.18. The van der Waals surface area contributed by atoms with E-state index in [0.717, 1.165) is 11.4 Å². The summed E-state index contributed by atoms with van der Waals surface area (Å²) in [6.07, 6.45) is 1.71. The molecule has 2 aromatic rings. The summed E-state index contributed by atoms with van der Waals surface area (Å²) in [6.45, 7) is 3.92.